The molecule has 0 fully saturated rings. The second kappa shape index (κ2) is 8.43. The first-order valence-electron chi connectivity index (χ1n) is 8.69. The minimum Gasteiger partial charge on any atom is -0.481 e. The van der Waals surface area contributed by atoms with Crippen LogP contribution >= 0.6 is 0 Å². The van der Waals surface area contributed by atoms with Crippen LogP contribution in [0.2, 0.25) is 0 Å². The van der Waals surface area contributed by atoms with E-state index in [4.69, 9.17) is 4.74 Å². The molecule has 0 saturated heterocycles. The second-order valence-corrected chi connectivity index (χ2v) is 8.76. The van der Waals surface area contributed by atoms with Crippen LogP contribution in [0.4, 0.5) is 11.4 Å². The van der Waals surface area contributed by atoms with Crippen LogP contribution in [-0.2, 0) is 14.8 Å². The fraction of sp³-hybridized carbons (Fsp3) is 0.350. The van der Waals surface area contributed by atoms with Crippen LogP contribution in [-0.4, -0.2) is 33.7 Å². The summed E-state index contributed by atoms with van der Waals surface area (Å²) in [5.74, 6) is 0.657. The number of sulfonamides is 1. The molecule has 0 aliphatic carbocycles. The van der Waals surface area contributed by atoms with Crippen molar-refractivity contribution in [1.29, 1.82) is 0 Å². The van der Waals surface area contributed by atoms with E-state index < -0.39 is 16.1 Å². The van der Waals surface area contributed by atoms with Crippen LogP contribution in [0.1, 0.15) is 32.3 Å². The van der Waals surface area contributed by atoms with E-state index in [1.807, 2.05) is 24.3 Å². The molecule has 0 bridgehead atoms. The number of ether oxygens (including phenoxy) is 1. The molecule has 1 amide bonds. The van der Waals surface area contributed by atoms with Crippen LogP contribution in [0, 0.1) is 0 Å². The third-order valence-electron chi connectivity index (χ3n) is 4.22. The average molecular weight is 391 g/mol. The Labute approximate surface area is 161 Å². The second-order valence-electron chi connectivity index (χ2n) is 6.75. The topological polar surface area (TPSA) is 75.7 Å². The van der Waals surface area contributed by atoms with Gasteiger partial charge in [0.15, 0.2) is 6.10 Å². The van der Waals surface area contributed by atoms with Crippen molar-refractivity contribution >= 4 is 27.3 Å². The Hall–Kier alpha value is -2.54. The van der Waals surface area contributed by atoms with Gasteiger partial charge >= 0.3 is 0 Å². The standard InChI is InChI=1S/C20H26N2O4S/c1-14(2)16-6-8-17(9-7-16)21-20(23)15(3)26-19-12-10-18(11-13-19)22(4)27(5,24)25/h6-15H,1-5H3,(H,21,23)/t15-/m1/s1. The van der Waals surface area contributed by atoms with Gasteiger partial charge in [0.1, 0.15) is 5.75 Å². The number of nitrogens with zero attached hydrogens (tertiary/aromatic N) is 1. The summed E-state index contributed by atoms with van der Waals surface area (Å²) in [6.07, 6.45) is 0.436. The number of rotatable bonds is 7. The van der Waals surface area contributed by atoms with E-state index in [0.717, 1.165) is 6.26 Å². The molecule has 2 aromatic carbocycles. The van der Waals surface area contributed by atoms with Gasteiger partial charge in [-0.3, -0.25) is 9.10 Å². The number of amides is 1. The first-order valence-corrected chi connectivity index (χ1v) is 10.5. The van der Waals surface area contributed by atoms with Crippen molar-refractivity contribution in [1.82, 2.24) is 0 Å². The number of carbonyl (C=O) groups excluding carboxylic acids is 1. The van der Waals surface area contributed by atoms with Gasteiger partial charge in [0.25, 0.3) is 5.91 Å². The lowest BCUT2D eigenvalue weighted by Crippen LogP contribution is -2.30. The molecule has 0 aliphatic rings. The summed E-state index contributed by atoms with van der Waals surface area (Å²) < 4.78 is 29.9. The summed E-state index contributed by atoms with van der Waals surface area (Å²) in [5, 5.41) is 2.83. The summed E-state index contributed by atoms with van der Waals surface area (Å²) in [7, 11) is -1.84. The van der Waals surface area contributed by atoms with Crippen molar-refractivity contribution in [3.05, 3.63) is 54.1 Å². The maximum absolute atomic E-state index is 12.3. The van der Waals surface area contributed by atoms with E-state index in [1.165, 1.54) is 16.9 Å². The highest BCUT2D eigenvalue weighted by molar-refractivity contribution is 7.92. The molecule has 0 radical (unpaired) electrons. The van der Waals surface area contributed by atoms with Crippen molar-refractivity contribution in [2.75, 3.05) is 22.9 Å². The smallest absolute Gasteiger partial charge is 0.265 e. The Kier molecular flexibility index (Phi) is 6.49. The normalized spacial score (nSPS) is 12.5. The molecule has 1 N–H and O–H groups in total. The van der Waals surface area contributed by atoms with Gasteiger partial charge in [-0.2, -0.15) is 0 Å². The molecule has 27 heavy (non-hydrogen) atoms. The molecule has 0 aromatic heterocycles. The largest absolute Gasteiger partial charge is 0.481 e. The zero-order valence-electron chi connectivity index (χ0n) is 16.3. The van der Waals surface area contributed by atoms with Gasteiger partial charge in [-0.1, -0.05) is 26.0 Å². The van der Waals surface area contributed by atoms with E-state index in [1.54, 1.807) is 31.2 Å². The van der Waals surface area contributed by atoms with E-state index in [-0.39, 0.29) is 5.91 Å². The predicted molar refractivity (Wildman–Crippen MR) is 109 cm³/mol. The summed E-state index contributed by atoms with van der Waals surface area (Å²) in [6, 6.07) is 14.3. The fourth-order valence-corrected chi connectivity index (χ4v) is 2.88. The Bertz CT molecular complexity index is 875. The highest BCUT2D eigenvalue weighted by atomic mass is 32.2. The van der Waals surface area contributed by atoms with Gasteiger partial charge < -0.3 is 10.1 Å². The summed E-state index contributed by atoms with van der Waals surface area (Å²) in [5.41, 5.74) is 2.44. The molecule has 2 rings (SSSR count). The van der Waals surface area contributed by atoms with Crippen LogP contribution in [0.15, 0.2) is 48.5 Å². The molecule has 0 aliphatic heterocycles. The van der Waals surface area contributed by atoms with E-state index in [2.05, 4.69) is 19.2 Å². The van der Waals surface area contributed by atoms with Crippen LogP contribution < -0.4 is 14.4 Å². The molecule has 0 heterocycles. The Balaban J connectivity index is 1.97. The molecule has 6 nitrogen and oxygen atoms in total. The van der Waals surface area contributed by atoms with Gasteiger partial charge in [0.05, 0.1) is 11.9 Å². The van der Waals surface area contributed by atoms with E-state index in [0.29, 0.717) is 23.0 Å². The van der Waals surface area contributed by atoms with Gasteiger partial charge in [-0.25, -0.2) is 8.42 Å². The van der Waals surface area contributed by atoms with Gasteiger partial charge in [0, 0.05) is 12.7 Å². The lowest BCUT2D eigenvalue weighted by molar-refractivity contribution is -0.122. The number of benzene rings is 2. The number of hydrogen-bond acceptors (Lipinski definition) is 4. The van der Waals surface area contributed by atoms with Crippen molar-refractivity contribution in [2.45, 2.75) is 32.8 Å². The van der Waals surface area contributed by atoms with Gasteiger partial charge in [-0.15, -0.1) is 0 Å². The first-order chi connectivity index (χ1) is 12.6. The quantitative estimate of drug-likeness (QED) is 0.784. The predicted octanol–water partition coefficient (Wildman–Crippen LogP) is 3.61. The molecule has 7 heteroatoms. The Morgan fingerprint density at radius 3 is 2.04 bits per heavy atom. The highest BCUT2D eigenvalue weighted by Gasteiger charge is 2.16. The fourth-order valence-electron chi connectivity index (χ4n) is 2.38. The zero-order chi connectivity index (χ0) is 20.2. The average Bonchev–Trinajstić information content (AvgIpc) is 2.61. The maximum Gasteiger partial charge on any atom is 0.265 e. The van der Waals surface area contributed by atoms with Crippen LogP contribution in [0.3, 0.4) is 0 Å². The molecule has 0 spiro atoms. The number of hydrogen-bond donors (Lipinski definition) is 1. The SMILES string of the molecule is CC(C)c1ccc(NC(=O)[C@@H](C)Oc2ccc(N(C)S(C)(=O)=O)cc2)cc1. The molecule has 146 valence electrons. The third-order valence-corrected chi connectivity index (χ3v) is 5.43. The molecule has 2 aromatic rings. The third kappa shape index (κ3) is 5.72. The minimum atomic E-state index is -3.32. The Morgan fingerprint density at radius 1 is 1.00 bits per heavy atom. The summed E-state index contributed by atoms with van der Waals surface area (Å²) in [4.78, 5) is 12.3. The van der Waals surface area contributed by atoms with Crippen LogP contribution in [0.25, 0.3) is 0 Å². The molecular formula is C20H26N2O4S. The lowest BCUT2D eigenvalue weighted by atomic mass is 10.0. The number of carbonyl (C=O) groups is 1. The molecule has 0 unspecified atom stereocenters. The van der Waals surface area contributed by atoms with Gasteiger partial charge in [0.2, 0.25) is 10.0 Å². The number of anilines is 2. The molecule has 1 atom stereocenters. The van der Waals surface area contributed by atoms with E-state index >= 15 is 0 Å². The maximum atomic E-state index is 12.3. The van der Waals surface area contributed by atoms with Gasteiger partial charge in [-0.05, 0) is 54.8 Å². The monoisotopic (exact) mass is 390 g/mol. The highest BCUT2D eigenvalue weighted by Crippen LogP contribution is 2.22. The van der Waals surface area contributed by atoms with Crippen molar-refractivity contribution < 1.29 is 17.9 Å². The Morgan fingerprint density at radius 2 is 1.56 bits per heavy atom. The summed E-state index contributed by atoms with van der Waals surface area (Å²) >= 11 is 0. The molecular weight excluding hydrogens is 364 g/mol. The lowest BCUT2D eigenvalue weighted by Gasteiger charge is -2.18. The minimum absolute atomic E-state index is 0.260. The summed E-state index contributed by atoms with van der Waals surface area (Å²) in [6.45, 7) is 5.89. The van der Waals surface area contributed by atoms with Crippen molar-refractivity contribution in [2.24, 2.45) is 0 Å². The van der Waals surface area contributed by atoms with Crippen molar-refractivity contribution in [3.8, 4) is 5.75 Å². The van der Waals surface area contributed by atoms with E-state index in [9.17, 15) is 13.2 Å². The molecule has 0 saturated carbocycles. The number of nitrogens with one attached hydrogen (secondary N) is 1. The van der Waals surface area contributed by atoms with Crippen molar-refractivity contribution in [3.63, 3.8) is 0 Å². The zero-order valence-corrected chi connectivity index (χ0v) is 17.1. The first kappa shape index (κ1) is 20.8. The van der Waals surface area contributed by atoms with Crippen LogP contribution in [0.5, 0.6) is 5.75 Å².